The monoisotopic (exact) mass is 401 g/mol. The van der Waals surface area contributed by atoms with Gasteiger partial charge in [-0.2, -0.15) is 0 Å². The number of hydrogen-bond acceptors (Lipinski definition) is 5. The van der Waals surface area contributed by atoms with Gasteiger partial charge in [0.15, 0.2) is 0 Å². The molecule has 1 aliphatic heterocycles. The second-order valence-corrected chi connectivity index (χ2v) is 7.89. The highest BCUT2D eigenvalue weighted by Crippen LogP contribution is 2.24. The second kappa shape index (κ2) is 8.53. The van der Waals surface area contributed by atoms with Crippen LogP contribution in [0.15, 0.2) is 48.5 Å². The van der Waals surface area contributed by atoms with Crippen molar-refractivity contribution in [3.63, 3.8) is 0 Å². The number of carbonyl (C=O) groups is 1. The molecule has 2 heterocycles. The Balaban J connectivity index is 1.44. The normalized spacial score (nSPS) is 13.4. The summed E-state index contributed by atoms with van der Waals surface area (Å²) < 4.78 is 0. The number of aryl methyl sites for hydroxylation is 3. The summed E-state index contributed by atoms with van der Waals surface area (Å²) in [5.41, 5.74) is 4.48. The molecule has 4 rings (SSSR count). The van der Waals surface area contributed by atoms with Crippen LogP contribution in [0, 0.1) is 20.8 Å². The van der Waals surface area contributed by atoms with E-state index in [0.29, 0.717) is 5.56 Å². The summed E-state index contributed by atoms with van der Waals surface area (Å²) in [4.78, 5) is 23.9. The quantitative estimate of drug-likeness (QED) is 0.630. The van der Waals surface area contributed by atoms with E-state index < -0.39 is 0 Å². The van der Waals surface area contributed by atoms with Crippen LogP contribution < -0.4 is 15.5 Å². The van der Waals surface area contributed by atoms with Gasteiger partial charge in [0.05, 0.1) is 0 Å². The minimum absolute atomic E-state index is 0.107. The lowest BCUT2D eigenvalue weighted by Gasteiger charge is -2.18. The Kier molecular flexibility index (Phi) is 5.65. The van der Waals surface area contributed by atoms with E-state index in [4.69, 9.17) is 0 Å². The van der Waals surface area contributed by atoms with Gasteiger partial charge in [0.25, 0.3) is 5.91 Å². The molecule has 0 radical (unpaired) electrons. The van der Waals surface area contributed by atoms with Crippen LogP contribution in [0.25, 0.3) is 0 Å². The van der Waals surface area contributed by atoms with Crippen molar-refractivity contribution in [1.82, 2.24) is 9.97 Å². The molecule has 6 nitrogen and oxygen atoms in total. The molecule has 0 spiro atoms. The molecule has 0 saturated carbocycles. The summed E-state index contributed by atoms with van der Waals surface area (Å²) in [6.07, 6.45) is 2.42. The summed E-state index contributed by atoms with van der Waals surface area (Å²) in [5, 5.41) is 6.31. The van der Waals surface area contributed by atoms with Gasteiger partial charge in [-0.05, 0) is 70.0 Å². The molecule has 1 aromatic heterocycles. The van der Waals surface area contributed by atoms with Gasteiger partial charge in [-0.15, -0.1) is 0 Å². The molecule has 1 fully saturated rings. The number of anilines is 4. The molecule has 154 valence electrons. The summed E-state index contributed by atoms with van der Waals surface area (Å²) in [5.74, 6) is 2.39. The Labute approximate surface area is 177 Å². The van der Waals surface area contributed by atoms with E-state index in [9.17, 15) is 4.79 Å². The Hall–Kier alpha value is -3.41. The van der Waals surface area contributed by atoms with Gasteiger partial charge in [0.2, 0.25) is 0 Å². The smallest absolute Gasteiger partial charge is 0.255 e. The van der Waals surface area contributed by atoms with Crippen LogP contribution in [0.4, 0.5) is 23.0 Å². The van der Waals surface area contributed by atoms with Gasteiger partial charge in [0, 0.05) is 36.1 Å². The minimum Gasteiger partial charge on any atom is -0.356 e. The van der Waals surface area contributed by atoms with E-state index in [2.05, 4.69) is 31.6 Å². The van der Waals surface area contributed by atoms with Gasteiger partial charge in [0.1, 0.15) is 17.5 Å². The average Bonchev–Trinajstić information content (AvgIpc) is 3.23. The molecule has 6 heteroatoms. The first-order valence-corrected chi connectivity index (χ1v) is 10.3. The van der Waals surface area contributed by atoms with E-state index in [0.717, 1.165) is 53.1 Å². The van der Waals surface area contributed by atoms with Crippen molar-refractivity contribution < 1.29 is 4.79 Å². The van der Waals surface area contributed by atoms with Crippen LogP contribution in [-0.2, 0) is 0 Å². The molecule has 2 N–H and O–H groups in total. The molecule has 1 aliphatic rings. The van der Waals surface area contributed by atoms with Crippen molar-refractivity contribution in [3.8, 4) is 0 Å². The van der Waals surface area contributed by atoms with Crippen LogP contribution >= 0.6 is 0 Å². The highest BCUT2D eigenvalue weighted by molar-refractivity contribution is 6.04. The van der Waals surface area contributed by atoms with Crippen LogP contribution in [0.2, 0.25) is 0 Å². The second-order valence-electron chi connectivity index (χ2n) is 7.89. The molecular weight excluding hydrogens is 374 g/mol. The first-order valence-electron chi connectivity index (χ1n) is 10.3. The molecule has 0 unspecified atom stereocenters. The summed E-state index contributed by atoms with van der Waals surface area (Å²) >= 11 is 0. The number of nitrogens with zero attached hydrogens (tertiary/aromatic N) is 3. The molecule has 1 saturated heterocycles. The average molecular weight is 402 g/mol. The molecular formula is C24H27N5O. The van der Waals surface area contributed by atoms with E-state index in [1.807, 2.05) is 63.2 Å². The molecule has 1 amide bonds. The zero-order valence-corrected chi connectivity index (χ0v) is 17.7. The predicted molar refractivity (Wildman–Crippen MR) is 122 cm³/mol. The third-order valence-corrected chi connectivity index (χ3v) is 5.15. The van der Waals surface area contributed by atoms with Crippen molar-refractivity contribution in [1.29, 1.82) is 0 Å². The summed E-state index contributed by atoms with van der Waals surface area (Å²) in [6, 6.07) is 15.5. The van der Waals surface area contributed by atoms with Crippen molar-refractivity contribution >= 4 is 28.9 Å². The number of hydrogen-bond donors (Lipinski definition) is 2. The third-order valence-electron chi connectivity index (χ3n) is 5.15. The Bertz CT molecular complexity index is 1040. The topological polar surface area (TPSA) is 70.2 Å². The van der Waals surface area contributed by atoms with Gasteiger partial charge in [-0.25, -0.2) is 9.97 Å². The van der Waals surface area contributed by atoms with Crippen molar-refractivity contribution in [2.75, 3.05) is 28.6 Å². The van der Waals surface area contributed by atoms with Crippen LogP contribution in [-0.4, -0.2) is 29.0 Å². The van der Waals surface area contributed by atoms with Gasteiger partial charge in [-0.3, -0.25) is 4.79 Å². The third kappa shape index (κ3) is 4.76. The number of amides is 1. The van der Waals surface area contributed by atoms with Crippen LogP contribution in [0.1, 0.15) is 40.2 Å². The Morgan fingerprint density at radius 3 is 2.17 bits per heavy atom. The highest BCUT2D eigenvalue weighted by Gasteiger charge is 2.15. The van der Waals surface area contributed by atoms with Crippen molar-refractivity contribution in [3.05, 3.63) is 71.0 Å². The van der Waals surface area contributed by atoms with Crippen molar-refractivity contribution in [2.45, 2.75) is 33.6 Å². The molecule has 30 heavy (non-hydrogen) atoms. The summed E-state index contributed by atoms with van der Waals surface area (Å²) in [7, 11) is 0. The van der Waals surface area contributed by atoms with Gasteiger partial charge < -0.3 is 15.5 Å². The van der Waals surface area contributed by atoms with E-state index >= 15 is 0 Å². The molecule has 0 aliphatic carbocycles. The zero-order chi connectivity index (χ0) is 21.1. The molecule has 0 atom stereocenters. The number of rotatable bonds is 5. The molecule has 2 aromatic carbocycles. The Morgan fingerprint density at radius 2 is 1.50 bits per heavy atom. The summed E-state index contributed by atoms with van der Waals surface area (Å²) in [6.45, 7) is 7.99. The Morgan fingerprint density at radius 1 is 0.867 bits per heavy atom. The van der Waals surface area contributed by atoms with E-state index in [-0.39, 0.29) is 5.91 Å². The number of aromatic nitrogens is 2. The largest absolute Gasteiger partial charge is 0.356 e. The van der Waals surface area contributed by atoms with E-state index in [1.165, 1.54) is 12.8 Å². The fraction of sp³-hybridized carbons (Fsp3) is 0.292. The fourth-order valence-corrected chi connectivity index (χ4v) is 3.82. The molecule has 3 aromatic rings. The first kappa shape index (κ1) is 19.9. The highest BCUT2D eigenvalue weighted by atomic mass is 16.1. The standard InChI is InChI=1S/C24H27N5O/c1-16-12-17(2)14-19(13-16)24(30)28-21-8-6-20(7-9-21)27-22-15-23(26-18(3)25-22)29-10-4-5-11-29/h6-9,12-15H,4-5,10-11H2,1-3H3,(H,28,30)(H,25,26,27). The number of nitrogens with one attached hydrogen (secondary N) is 2. The van der Waals surface area contributed by atoms with E-state index in [1.54, 1.807) is 0 Å². The lowest BCUT2D eigenvalue weighted by atomic mass is 10.1. The van der Waals surface area contributed by atoms with Crippen LogP contribution in [0.3, 0.4) is 0 Å². The fourth-order valence-electron chi connectivity index (χ4n) is 3.82. The number of carbonyl (C=O) groups excluding carboxylic acids is 1. The van der Waals surface area contributed by atoms with Gasteiger partial charge >= 0.3 is 0 Å². The first-order chi connectivity index (χ1) is 14.5. The lowest BCUT2D eigenvalue weighted by Crippen LogP contribution is -2.19. The predicted octanol–water partition coefficient (Wildman–Crippen LogP) is 5.00. The maximum atomic E-state index is 12.5. The lowest BCUT2D eigenvalue weighted by molar-refractivity contribution is 0.102. The van der Waals surface area contributed by atoms with Gasteiger partial charge in [-0.1, -0.05) is 17.2 Å². The maximum absolute atomic E-state index is 12.5. The number of benzene rings is 2. The van der Waals surface area contributed by atoms with Crippen LogP contribution in [0.5, 0.6) is 0 Å². The van der Waals surface area contributed by atoms with Crippen molar-refractivity contribution in [2.24, 2.45) is 0 Å². The zero-order valence-electron chi connectivity index (χ0n) is 17.7. The molecule has 0 bridgehead atoms. The SMILES string of the molecule is Cc1cc(C)cc(C(=O)Nc2ccc(Nc3cc(N4CCCC4)nc(C)n3)cc2)c1. The maximum Gasteiger partial charge on any atom is 0.255 e. The minimum atomic E-state index is -0.107.